The summed E-state index contributed by atoms with van der Waals surface area (Å²) in [6.07, 6.45) is 0. The summed E-state index contributed by atoms with van der Waals surface area (Å²) in [5.74, 6) is 0.149. The van der Waals surface area contributed by atoms with Gasteiger partial charge in [-0.25, -0.2) is 9.59 Å². The molecule has 0 fully saturated rings. The molecule has 1 heterocycles. The molecule has 7 heteroatoms. The fourth-order valence-corrected chi connectivity index (χ4v) is 3.39. The quantitative estimate of drug-likeness (QED) is 0.705. The summed E-state index contributed by atoms with van der Waals surface area (Å²) < 4.78 is 10.3. The SMILES string of the molecule is COC(=O)C1=C(CN(C)Cc2ccccc2)NC(=O)N[C@@H]1c1cccc(OC)c1. The summed E-state index contributed by atoms with van der Waals surface area (Å²) in [5, 5.41) is 5.60. The van der Waals surface area contributed by atoms with Crippen LogP contribution in [0.5, 0.6) is 5.75 Å². The van der Waals surface area contributed by atoms with Gasteiger partial charge in [-0.2, -0.15) is 0 Å². The molecule has 0 saturated heterocycles. The van der Waals surface area contributed by atoms with Crippen LogP contribution in [0.1, 0.15) is 17.2 Å². The number of carbonyl (C=O) groups excluding carboxylic acids is 2. The Bertz CT molecular complexity index is 911. The molecule has 152 valence electrons. The molecule has 0 aromatic heterocycles. The molecule has 1 atom stereocenters. The van der Waals surface area contributed by atoms with Gasteiger partial charge < -0.3 is 20.1 Å². The molecule has 7 nitrogen and oxygen atoms in total. The number of rotatable bonds is 7. The second-order valence-corrected chi connectivity index (χ2v) is 6.85. The topological polar surface area (TPSA) is 79.9 Å². The number of methoxy groups -OCH3 is 2. The first kappa shape index (κ1) is 20.4. The molecule has 2 aromatic carbocycles. The molecule has 2 amide bonds. The number of benzene rings is 2. The maximum absolute atomic E-state index is 12.6. The van der Waals surface area contributed by atoms with Crippen LogP contribution in [0, 0.1) is 0 Å². The largest absolute Gasteiger partial charge is 0.497 e. The molecule has 0 bridgehead atoms. The van der Waals surface area contributed by atoms with Crippen molar-refractivity contribution in [3.8, 4) is 5.75 Å². The Hall–Kier alpha value is -3.32. The Morgan fingerprint density at radius 2 is 1.83 bits per heavy atom. The van der Waals surface area contributed by atoms with E-state index in [4.69, 9.17) is 9.47 Å². The van der Waals surface area contributed by atoms with E-state index in [2.05, 4.69) is 10.6 Å². The number of nitrogens with one attached hydrogen (secondary N) is 2. The minimum absolute atomic E-state index is 0.367. The predicted octanol–water partition coefficient (Wildman–Crippen LogP) is 2.61. The number of ether oxygens (including phenoxy) is 2. The van der Waals surface area contributed by atoms with Crippen molar-refractivity contribution in [3.05, 3.63) is 77.0 Å². The smallest absolute Gasteiger partial charge is 0.338 e. The maximum atomic E-state index is 12.6. The molecule has 0 saturated carbocycles. The number of hydrogen-bond donors (Lipinski definition) is 2. The first-order valence-corrected chi connectivity index (χ1v) is 9.27. The number of likely N-dealkylation sites (N-methyl/N-ethyl adjacent to an activating group) is 1. The van der Waals surface area contributed by atoms with Crippen LogP contribution in [0.3, 0.4) is 0 Å². The van der Waals surface area contributed by atoms with Gasteiger partial charge in [0.05, 0.1) is 25.8 Å². The molecule has 0 spiro atoms. The molecule has 29 heavy (non-hydrogen) atoms. The number of carbonyl (C=O) groups is 2. The van der Waals surface area contributed by atoms with E-state index < -0.39 is 12.0 Å². The van der Waals surface area contributed by atoms with Crippen LogP contribution in [0.15, 0.2) is 65.9 Å². The average Bonchev–Trinajstić information content (AvgIpc) is 2.73. The van der Waals surface area contributed by atoms with Crippen LogP contribution in [0.2, 0.25) is 0 Å². The van der Waals surface area contributed by atoms with Crippen molar-refractivity contribution >= 4 is 12.0 Å². The first-order valence-electron chi connectivity index (χ1n) is 9.27. The number of amides is 2. The predicted molar refractivity (Wildman–Crippen MR) is 109 cm³/mol. The third kappa shape index (κ3) is 4.94. The Balaban J connectivity index is 1.94. The van der Waals surface area contributed by atoms with Gasteiger partial charge in [0.1, 0.15) is 5.75 Å². The minimum atomic E-state index is -0.633. The van der Waals surface area contributed by atoms with Crippen LogP contribution in [0.4, 0.5) is 4.79 Å². The molecule has 2 N–H and O–H groups in total. The molecular formula is C22H25N3O4. The third-order valence-corrected chi connectivity index (χ3v) is 4.71. The molecule has 1 aliphatic rings. The van der Waals surface area contributed by atoms with Gasteiger partial charge >= 0.3 is 12.0 Å². The van der Waals surface area contributed by atoms with E-state index in [1.807, 2.05) is 60.5 Å². The lowest BCUT2D eigenvalue weighted by atomic mass is 9.94. The number of nitrogens with zero attached hydrogens (tertiary/aromatic N) is 1. The zero-order valence-corrected chi connectivity index (χ0v) is 16.8. The van der Waals surface area contributed by atoms with Gasteiger partial charge in [0, 0.05) is 18.8 Å². The second kappa shape index (κ2) is 9.25. The van der Waals surface area contributed by atoms with Crippen LogP contribution in [-0.4, -0.2) is 44.7 Å². The number of urea groups is 1. The average molecular weight is 395 g/mol. The van der Waals surface area contributed by atoms with Gasteiger partial charge in [-0.3, -0.25) is 4.90 Å². The van der Waals surface area contributed by atoms with Crippen LogP contribution >= 0.6 is 0 Å². The maximum Gasteiger partial charge on any atom is 0.338 e. The summed E-state index contributed by atoms with van der Waals surface area (Å²) in [4.78, 5) is 27.0. The zero-order chi connectivity index (χ0) is 20.8. The van der Waals surface area contributed by atoms with Crippen molar-refractivity contribution in [3.63, 3.8) is 0 Å². The van der Waals surface area contributed by atoms with Crippen LogP contribution < -0.4 is 15.4 Å². The highest BCUT2D eigenvalue weighted by atomic mass is 16.5. The van der Waals surface area contributed by atoms with Gasteiger partial charge in [0.15, 0.2) is 0 Å². The van der Waals surface area contributed by atoms with E-state index >= 15 is 0 Å². The van der Waals surface area contributed by atoms with Crippen molar-refractivity contribution in [1.82, 2.24) is 15.5 Å². The third-order valence-electron chi connectivity index (χ3n) is 4.71. The normalized spacial score (nSPS) is 16.3. The molecule has 2 aromatic rings. The molecule has 0 radical (unpaired) electrons. The lowest BCUT2D eigenvalue weighted by Gasteiger charge is -2.31. The van der Waals surface area contributed by atoms with Crippen molar-refractivity contribution in [2.75, 3.05) is 27.8 Å². The fourth-order valence-electron chi connectivity index (χ4n) is 3.39. The fraction of sp³-hybridized carbons (Fsp3) is 0.273. The first-order chi connectivity index (χ1) is 14.0. The molecule has 0 unspecified atom stereocenters. The summed E-state index contributed by atoms with van der Waals surface area (Å²) in [5.41, 5.74) is 2.77. The van der Waals surface area contributed by atoms with Crippen LogP contribution in [-0.2, 0) is 16.1 Å². The van der Waals surface area contributed by atoms with E-state index in [-0.39, 0.29) is 6.03 Å². The highest BCUT2D eigenvalue weighted by molar-refractivity contribution is 5.95. The summed E-state index contributed by atoms with van der Waals surface area (Å²) in [6.45, 7) is 1.05. The Morgan fingerprint density at radius 1 is 1.07 bits per heavy atom. The van der Waals surface area contributed by atoms with Crippen molar-refractivity contribution in [2.45, 2.75) is 12.6 Å². The summed E-state index contributed by atoms with van der Waals surface area (Å²) in [7, 11) is 4.84. The van der Waals surface area contributed by atoms with Gasteiger partial charge in [0.2, 0.25) is 0 Å². The second-order valence-electron chi connectivity index (χ2n) is 6.85. The van der Waals surface area contributed by atoms with Crippen molar-refractivity contribution < 1.29 is 19.1 Å². The lowest BCUT2D eigenvalue weighted by Crippen LogP contribution is -2.48. The zero-order valence-electron chi connectivity index (χ0n) is 16.8. The van der Waals surface area contributed by atoms with E-state index in [1.165, 1.54) is 7.11 Å². The van der Waals surface area contributed by atoms with Crippen LogP contribution in [0.25, 0.3) is 0 Å². The minimum Gasteiger partial charge on any atom is -0.497 e. The summed E-state index contributed by atoms with van der Waals surface area (Å²) in [6, 6.07) is 16.3. The van der Waals surface area contributed by atoms with E-state index in [9.17, 15) is 9.59 Å². The van der Waals surface area contributed by atoms with Crippen molar-refractivity contribution in [2.24, 2.45) is 0 Å². The Morgan fingerprint density at radius 3 is 2.52 bits per heavy atom. The highest BCUT2D eigenvalue weighted by Gasteiger charge is 2.34. The van der Waals surface area contributed by atoms with Crippen molar-refractivity contribution in [1.29, 1.82) is 0 Å². The monoisotopic (exact) mass is 395 g/mol. The molecular weight excluding hydrogens is 370 g/mol. The molecule has 0 aliphatic carbocycles. The van der Waals surface area contributed by atoms with Gasteiger partial charge in [-0.05, 0) is 30.3 Å². The van der Waals surface area contributed by atoms with E-state index in [0.29, 0.717) is 30.1 Å². The standard InChI is InChI=1S/C22H25N3O4/c1-25(13-15-8-5-4-6-9-15)14-18-19(21(26)29-3)20(24-22(27)23-18)16-10-7-11-17(12-16)28-2/h4-12,20H,13-14H2,1-3H3,(H2,23,24,27)/t20-/m1/s1. The number of hydrogen-bond acceptors (Lipinski definition) is 5. The lowest BCUT2D eigenvalue weighted by molar-refractivity contribution is -0.136. The Kier molecular flexibility index (Phi) is 6.51. The Labute approximate surface area is 170 Å². The molecule has 1 aliphatic heterocycles. The van der Waals surface area contributed by atoms with Gasteiger partial charge in [-0.15, -0.1) is 0 Å². The van der Waals surface area contributed by atoms with Gasteiger partial charge in [-0.1, -0.05) is 42.5 Å². The van der Waals surface area contributed by atoms with E-state index in [1.54, 1.807) is 13.2 Å². The molecule has 3 rings (SSSR count). The van der Waals surface area contributed by atoms with Gasteiger partial charge in [0.25, 0.3) is 0 Å². The number of esters is 1. The van der Waals surface area contributed by atoms with E-state index in [0.717, 1.165) is 11.1 Å². The highest BCUT2D eigenvalue weighted by Crippen LogP contribution is 2.30. The summed E-state index contributed by atoms with van der Waals surface area (Å²) >= 11 is 0.